The van der Waals surface area contributed by atoms with E-state index >= 15 is 0 Å². The highest BCUT2D eigenvalue weighted by molar-refractivity contribution is 5.86. The van der Waals surface area contributed by atoms with Crippen molar-refractivity contribution in [2.45, 2.75) is 6.92 Å². The van der Waals surface area contributed by atoms with Crippen LogP contribution in [-0.4, -0.2) is 18.4 Å². The van der Waals surface area contributed by atoms with Crippen LogP contribution in [0.1, 0.15) is 15.9 Å². The van der Waals surface area contributed by atoms with Crippen molar-refractivity contribution in [3.05, 3.63) is 59.7 Å². The van der Waals surface area contributed by atoms with E-state index < -0.39 is 0 Å². The molecular weight excluding hydrogens is 262 g/mol. The number of ether oxygens (including phenoxy) is 1. The lowest BCUT2D eigenvalue weighted by Gasteiger charge is -2.08. The predicted molar refractivity (Wildman–Crippen MR) is 83.9 cm³/mol. The van der Waals surface area contributed by atoms with Crippen molar-refractivity contribution >= 4 is 17.2 Å². The normalized spacial score (nSPS) is 10.6. The van der Waals surface area contributed by atoms with Gasteiger partial charge >= 0.3 is 0 Å². The Morgan fingerprint density at radius 2 is 1.95 bits per heavy atom. The zero-order chi connectivity index (χ0) is 14.8. The molecule has 0 saturated heterocycles. The van der Waals surface area contributed by atoms with E-state index in [9.17, 15) is 4.79 Å². The summed E-state index contributed by atoms with van der Waals surface area (Å²) < 4.78 is 5.16. The number of pyridine rings is 1. The number of carbonyl (C=O) groups is 1. The number of hydrogen-bond donors (Lipinski definition) is 0. The van der Waals surface area contributed by atoms with Crippen molar-refractivity contribution < 1.29 is 9.53 Å². The quantitative estimate of drug-likeness (QED) is 0.678. The number of benzene rings is 2. The van der Waals surface area contributed by atoms with Gasteiger partial charge in [-0.1, -0.05) is 24.3 Å². The maximum atomic E-state index is 11.1. The number of fused-ring (bicyclic) bond motifs is 1. The fraction of sp³-hybridized carbons (Fsp3) is 0.111. The molecule has 1 aromatic heterocycles. The molecule has 0 unspecified atom stereocenters. The van der Waals surface area contributed by atoms with E-state index in [2.05, 4.69) is 6.07 Å². The van der Waals surface area contributed by atoms with Gasteiger partial charge < -0.3 is 4.74 Å². The van der Waals surface area contributed by atoms with Gasteiger partial charge in [-0.2, -0.15) is 0 Å². The van der Waals surface area contributed by atoms with Crippen LogP contribution in [0.4, 0.5) is 0 Å². The molecular formula is C18H15NO2. The average molecular weight is 277 g/mol. The van der Waals surface area contributed by atoms with Gasteiger partial charge in [0, 0.05) is 10.9 Å². The van der Waals surface area contributed by atoms with Crippen LogP contribution in [0.2, 0.25) is 0 Å². The zero-order valence-electron chi connectivity index (χ0n) is 12.0. The number of nitrogens with zero attached hydrogens (tertiary/aromatic N) is 1. The van der Waals surface area contributed by atoms with Crippen LogP contribution in [0.15, 0.2) is 48.5 Å². The van der Waals surface area contributed by atoms with E-state index in [-0.39, 0.29) is 0 Å². The lowest BCUT2D eigenvalue weighted by atomic mass is 10.0. The Morgan fingerprint density at radius 1 is 1.10 bits per heavy atom. The van der Waals surface area contributed by atoms with Crippen LogP contribution in [0.3, 0.4) is 0 Å². The number of para-hydroxylation sites is 1. The molecule has 0 N–H and O–H groups in total. The van der Waals surface area contributed by atoms with Crippen LogP contribution in [-0.2, 0) is 0 Å². The van der Waals surface area contributed by atoms with Gasteiger partial charge in [0.25, 0.3) is 0 Å². The Morgan fingerprint density at radius 3 is 2.71 bits per heavy atom. The van der Waals surface area contributed by atoms with Crippen molar-refractivity contribution in [3.63, 3.8) is 0 Å². The molecule has 0 saturated carbocycles. The minimum Gasteiger partial charge on any atom is -0.496 e. The molecule has 3 heteroatoms. The summed E-state index contributed by atoms with van der Waals surface area (Å²) in [5, 5.41) is 1.11. The first kappa shape index (κ1) is 13.3. The molecule has 104 valence electrons. The molecule has 0 aliphatic heterocycles. The van der Waals surface area contributed by atoms with E-state index in [1.54, 1.807) is 19.2 Å². The monoisotopic (exact) mass is 277 g/mol. The summed E-state index contributed by atoms with van der Waals surface area (Å²) in [5.41, 5.74) is 4.41. The van der Waals surface area contributed by atoms with Gasteiger partial charge in [-0.25, -0.2) is 4.98 Å². The molecule has 3 aromatic rings. The van der Waals surface area contributed by atoms with Crippen LogP contribution in [0, 0.1) is 6.92 Å². The molecule has 0 aliphatic carbocycles. The van der Waals surface area contributed by atoms with E-state index in [0.717, 1.165) is 34.0 Å². The molecule has 0 radical (unpaired) electrons. The first-order valence-electron chi connectivity index (χ1n) is 6.73. The predicted octanol–water partition coefficient (Wildman–Crippen LogP) is 4.03. The average Bonchev–Trinajstić information content (AvgIpc) is 2.54. The second-order valence-corrected chi connectivity index (χ2v) is 4.92. The molecule has 3 nitrogen and oxygen atoms in total. The molecule has 0 spiro atoms. The fourth-order valence-electron chi connectivity index (χ4n) is 2.44. The molecule has 1 heterocycles. The number of aromatic nitrogens is 1. The minimum absolute atomic E-state index is 0.529. The third-order valence-corrected chi connectivity index (χ3v) is 3.57. The van der Waals surface area contributed by atoms with Crippen molar-refractivity contribution in [2.75, 3.05) is 7.11 Å². The van der Waals surface area contributed by atoms with E-state index in [1.807, 2.05) is 37.3 Å². The maximum Gasteiger partial charge on any atom is 0.153 e. The SMILES string of the molecule is COc1ccc(-c2ccc3cccc(C)c3n2)cc1C=O. The van der Waals surface area contributed by atoms with Crippen molar-refractivity contribution in [1.29, 1.82) is 0 Å². The summed E-state index contributed by atoms with van der Waals surface area (Å²) in [5.74, 6) is 0.575. The number of methoxy groups -OCH3 is 1. The Bertz CT molecular complexity index is 825. The summed E-state index contributed by atoms with van der Waals surface area (Å²) >= 11 is 0. The molecule has 0 bridgehead atoms. The number of rotatable bonds is 3. The fourth-order valence-corrected chi connectivity index (χ4v) is 2.44. The minimum atomic E-state index is 0.529. The summed E-state index contributed by atoms with van der Waals surface area (Å²) in [4.78, 5) is 15.9. The third-order valence-electron chi connectivity index (χ3n) is 3.57. The Kier molecular flexibility index (Phi) is 3.40. The third kappa shape index (κ3) is 2.38. The van der Waals surface area contributed by atoms with Crippen LogP contribution >= 0.6 is 0 Å². The Labute approximate surface area is 123 Å². The first-order chi connectivity index (χ1) is 10.2. The lowest BCUT2D eigenvalue weighted by Crippen LogP contribution is -1.93. The summed E-state index contributed by atoms with van der Waals surface area (Å²) in [7, 11) is 1.56. The molecule has 2 aromatic carbocycles. The van der Waals surface area contributed by atoms with Gasteiger partial charge in [0.2, 0.25) is 0 Å². The second-order valence-electron chi connectivity index (χ2n) is 4.92. The van der Waals surface area contributed by atoms with E-state index in [0.29, 0.717) is 11.3 Å². The number of carbonyl (C=O) groups excluding carboxylic acids is 1. The van der Waals surface area contributed by atoms with Crippen molar-refractivity contribution in [3.8, 4) is 17.0 Å². The molecule has 0 fully saturated rings. The smallest absolute Gasteiger partial charge is 0.153 e. The second kappa shape index (κ2) is 5.37. The molecule has 3 rings (SSSR count). The maximum absolute atomic E-state index is 11.1. The largest absolute Gasteiger partial charge is 0.496 e. The number of aryl methyl sites for hydroxylation is 1. The summed E-state index contributed by atoms with van der Waals surface area (Å²) in [6.45, 7) is 2.05. The topological polar surface area (TPSA) is 39.2 Å². The van der Waals surface area contributed by atoms with Gasteiger partial charge in [-0.15, -0.1) is 0 Å². The Hall–Kier alpha value is -2.68. The van der Waals surface area contributed by atoms with Crippen LogP contribution in [0.25, 0.3) is 22.2 Å². The van der Waals surface area contributed by atoms with E-state index in [1.165, 1.54) is 0 Å². The van der Waals surface area contributed by atoms with Crippen LogP contribution < -0.4 is 4.74 Å². The highest BCUT2D eigenvalue weighted by Gasteiger charge is 2.07. The molecule has 0 amide bonds. The van der Waals surface area contributed by atoms with Gasteiger partial charge in [0.1, 0.15) is 5.75 Å². The highest BCUT2D eigenvalue weighted by Crippen LogP contribution is 2.26. The first-order valence-corrected chi connectivity index (χ1v) is 6.73. The number of hydrogen-bond acceptors (Lipinski definition) is 3. The van der Waals surface area contributed by atoms with Crippen molar-refractivity contribution in [1.82, 2.24) is 4.98 Å². The number of aldehydes is 1. The highest BCUT2D eigenvalue weighted by atomic mass is 16.5. The summed E-state index contributed by atoms with van der Waals surface area (Å²) in [6, 6.07) is 15.7. The van der Waals surface area contributed by atoms with Gasteiger partial charge in [-0.3, -0.25) is 4.79 Å². The standard InChI is InChI=1S/C18H15NO2/c1-12-4-3-5-13-6-8-16(19-18(12)13)14-7-9-17(21-2)15(10-14)11-20/h3-11H,1-2H3. The summed E-state index contributed by atoms with van der Waals surface area (Å²) in [6.07, 6.45) is 0.800. The van der Waals surface area contributed by atoms with Crippen LogP contribution in [0.5, 0.6) is 5.75 Å². The lowest BCUT2D eigenvalue weighted by molar-refractivity contribution is 0.112. The molecule has 21 heavy (non-hydrogen) atoms. The molecule has 0 aliphatic rings. The van der Waals surface area contributed by atoms with E-state index in [4.69, 9.17) is 9.72 Å². The van der Waals surface area contributed by atoms with Gasteiger partial charge in [-0.05, 0) is 36.8 Å². The molecule has 0 atom stereocenters. The Balaban J connectivity index is 2.16. The van der Waals surface area contributed by atoms with Gasteiger partial charge in [0.15, 0.2) is 6.29 Å². The van der Waals surface area contributed by atoms with Gasteiger partial charge in [0.05, 0.1) is 23.9 Å². The van der Waals surface area contributed by atoms with Crippen molar-refractivity contribution in [2.24, 2.45) is 0 Å². The zero-order valence-corrected chi connectivity index (χ0v) is 12.0.